The first-order valence-electron chi connectivity index (χ1n) is 6.04. The summed E-state index contributed by atoms with van der Waals surface area (Å²) in [5.74, 6) is -5.50. The summed E-state index contributed by atoms with van der Waals surface area (Å²) >= 11 is 0. The summed E-state index contributed by atoms with van der Waals surface area (Å²) in [6.45, 7) is 0. The van der Waals surface area contributed by atoms with Crippen molar-refractivity contribution in [3.8, 4) is 0 Å². The molecule has 0 saturated heterocycles. The molecule has 0 fully saturated rings. The topological polar surface area (TPSA) is 60.3 Å². The van der Waals surface area contributed by atoms with Gasteiger partial charge in [-0.05, 0) is 6.07 Å². The highest BCUT2D eigenvalue weighted by atomic mass is 19.1. The molecule has 8 heteroatoms. The molecule has 1 aromatic heterocycles. The number of aryl methyl sites for hydroxylation is 1. The van der Waals surface area contributed by atoms with E-state index >= 15 is 0 Å². The Hall–Kier alpha value is -2.77. The first kappa shape index (κ1) is 15.6. The molecular formula is C14H11F3N2O3. The molecule has 0 aliphatic heterocycles. The zero-order valence-electron chi connectivity index (χ0n) is 11.6. The van der Waals surface area contributed by atoms with E-state index in [4.69, 9.17) is 0 Å². The monoisotopic (exact) mass is 312 g/mol. The van der Waals surface area contributed by atoms with E-state index in [1.54, 1.807) is 0 Å². The SMILES string of the molecule is COC(=O)c1cc(NC(=O)c2c(F)cc(F)cc2F)cn1C. The van der Waals surface area contributed by atoms with Crippen LogP contribution < -0.4 is 5.32 Å². The van der Waals surface area contributed by atoms with Crippen molar-refractivity contribution in [1.82, 2.24) is 4.57 Å². The van der Waals surface area contributed by atoms with Crippen molar-refractivity contribution in [1.29, 1.82) is 0 Å². The lowest BCUT2D eigenvalue weighted by Crippen LogP contribution is -2.16. The molecule has 5 nitrogen and oxygen atoms in total. The molecule has 1 heterocycles. The van der Waals surface area contributed by atoms with Crippen molar-refractivity contribution in [2.24, 2.45) is 7.05 Å². The van der Waals surface area contributed by atoms with Gasteiger partial charge in [-0.3, -0.25) is 4.79 Å². The summed E-state index contributed by atoms with van der Waals surface area (Å²) in [5.41, 5.74) is -0.640. The number of carbonyl (C=O) groups excluding carboxylic acids is 2. The van der Waals surface area contributed by atoms with Gasteiger partial charge >= 0.3 is 5.97 Å². The molecule has 116 valence electrons. The Morgan fingerprint density at radius 1 is 1.14 bits per heavy atom. The average Bonchev–Trinajstić information content (AvgIpc) is 2.77. The summed E-state index contributed by atoms with van der Waals surface area (Å²) in [7, 11) is 2.72. The third-order valence-corrected chi connectivity index (χ3v) is 2.89. The largest absolute Gasteiger partial charge is 0.464 e. The highest BCUT2D eigenvalue weighted by Gasteiger charge is 2.20. The molecule has 2 rings (SSSR count). The Kier molecular flexibility index (Phi) is 4.20. The van der Waals surface area contributed by atoms with Gasteiger partial charge in [0, 0.05) is 25.4 Å². The number of hydrogen-bond donors (Lipinski definition) is 1. The Labute approximate surface area is 123 Å². The first-order chi connectivity index (χ1) is 10.3. The molecular weight excluding hydrogens is 301 g/mol. The van der Waals surface area contributed by atoms with Gasteiger partial charge in [0.15, 0.2) is 0 Å². The molecule has 0 saturated carbocycles. The van der Waals surface area contributed by atoms with Crippen molar-refractivity contribution in [2.75, 3.05) is 12.4 Å². The number of anilines is 1. The summed E-state index contributed by atoms with van der Waals surface area (Å²) in [5, 5.41) is 2.23. The highest BCUT2D eigenvalue weighted by Crippen LogP contribution is 2.19. The van der Waals surface area contributed by atoms with Crippen LogP contribution in [0.4, 0.5) is 18.9 Å². The lowest BCUT2D eigenvalue weighted by atomic mass is 10.1. The number of hydrogen-bond acceptors (Lipinski definition) is 3. The Bertz CT molecular complexity index is 733. The van der Waals surface area contributed by atoms with Crippen LogP contribution >= 0.6 is 0 Å². The van der Waals surface area contributed by atoms with Crippen LogP contribution in [0.1, 0.15) is 20.8 Å². The highest BCUT2D eigenvalue weighted by molar-refractivity contribution is 6.05. The predicted molar refractivity (Wildman–Crippen MR) is 71.0 cm³/mol. The number of amides is 1. The molecule has 0 radical (unpaired) electrons. The van der Waals surface area contributed by atoms with Gasteiger partial charge in [-0.25, -0.2) is 18.0 Å². The second-order valence-electron chi connectivity index (χ2n) is 4.42. The molecule has 22 heavy (non-hydrogen) atoms. The number of rotatable bonds is 3. The van der Waals surface area contributed by atoms with E-state index in [0.717, 1.165) is 0 Å². The fourth-order valence-electron chi connectivity index (χ4n) is 1.89. The minimum absolute atomic E-state index is 0.135. The zero-order chi connectivity index (χ0) is 16.4. The molecule has 1 aromatic carbocycles. The maximum Gasteiger partial charge on any atom is 0.354 e. The van der Waals surface area contributed by atoms with E-state index in [9.17, 15) is 22.8 Å². The van der Waals surface area contributed by atoms with Crippen LogP contribution in [0, 0.1) is 17.5 Å². The fourth-order valence-corrected chi connectivity index (χ4v) is 1.89. The third kappa shape index (κ3) is 2.95. The normalized spacial score (nSPS) is 10.4. The molecule has 0 atom stereocenters. The molecule has 1 amide bonds. The van der Waals surface area contributed by atoms with Crippen LogP contribution in [-0.4, -0.2) is 23.6 Å². The smallest absolute Gasteiger partial charge is 0.354 e. The van der Waals surface area contributed by atoms with Gasteiger partial charge < -0.3 is 14.6 Å². The van der Waals surface area contributed by atoms with Crippen molar-refractivity contribution >= 4 is 17.6 Å². The maximum atomic E-state index is 13.5. The van der Waals surface area contributed by atoms with Crippen LogP contribution in [0.25, 0.3) is 0 Å². The third-order valence-electron chi connectivity index (χ3n) is 2.89. The van der Waals surface area contributed by atoms with Gasteiger partial charge in [0.25, 0.3) is 5.91 Å². The number of benzene rings is 1. The molecule has 0 bridgehead atoms. The average molecular weight is 312 g/mol. The van der Waals surface area contributed by atoms with Crippen LogP contribution in [0.2, 0.25) is 0 Å². The second-order valence-corrected chi connectivity index (χ2v) is 4.42. The van der Waals surface area contributed by atoms with Crippen molar-refractivity contribution in [3.05, 3.63) is 53.1 Å². The summed E-state index contributed by atoms with van der Waals surface area (Å²) in [6.07, 6.45) is 1.36. The molecule has 2 aromatic rings. The lowest BCUT2D eigenvalue weighted by Gasteiger charge is -2.05. The van der Waals surface area contributed by atoms with Gasteiger partial charge in [-0.2, -0.15) is 0 Å². The zero-order valence-corrected chi connectivity index (χ0v) is 11.6. The second kappa shape index (κ2) is 5.92. The van der Waals surface area contributed by atoms with Crippen molar-refractivity contribution in [3.63, 3.8) is 0 Å². The number of halogens is 3. The summed E-state index contributed by atoms with van der Waals surface area (Å²) < 4.78 is 45.8. The standard InChI is InChI=1S/C14H11F3N2O3/c1-19-6-8(5-11(19)14(21)22-2)18-13(20)12-9(16)3-7(15)4-10(12)17/h3-6H,1-2H3,(H,18,20). The van der Waals surface area contributed by atoms with Crippen LogP contribution in [0.15, 0.2) is 24.4 Å². The lowest BCUT2D eigenvalue weighted by molar-refractivity contribution is 0.0589. The van der Waals surface area contributed by atoms with Crippen molar-refractivity contribution in [2.45, 2.75) is 0 Å². The molecule has 0 spiro atoms. The van der Waals surface area contributed by atoms with Gasteiger partial charge in [0.05, 0.1) is 12.8 Å². The summed E-state index contributed by atoms with van der Waals surface area (Å²) in [4.78, 5) is 23.3. The van der Waals surface area contributed by atoms with E-state index in [2.05, 4.69) is 10.1 Å². The Morgan fingerprint density at radius 3 is 2.27 bits per heavy atom. The van der Waals surface area contributed by atoms with Crippen LogP contribution in [0.3, 0.4) is 0 Å². The predicted octanol–water partition coefficient (Wildman–Crippen LogP) is 2.48. The van der Waals surface area contributed by atoms with Gasteiger partial charge in [0.1, 0.15) is 28.7 Å². The van der Waals surface area contributed by atoms with E-state index in [1.807, 2.05) is 0 Å². The van der Waals surface area contributed by atoms with E-state index in [1.165, 1.54) is 31.0 Å². The Balaban J connectivity index is 2.29. The van der Waals surface area contributed by atoms with Gasteiger partial charge in [-0.15, -0.1) is 0 Å². The number of carbonyl (C=O) groups is 2. The maximum absolute atomic E-state index is 13.5. The van der Waals surface area contributed by atoms with E-state index < -0.39 is 34.9 Å². The van der Waals surface area contributed by atoms with E-state index in [-0.39, 0.29) is 11.4 Å². The van der Waals surface area contributed by atoms with Crippen LogP contribution in [0.5, 0.6) is 0 Å². The fraction of sp³-hybridized carbons (Fsp3) is 0.143. The number of nitrogens with one attached hydrogen (secondary N) is 1. The van der Waals surface area contributed by atoms with E-state index in [0.29, 0.717) is 12.1 Å². The van der Waals surface area contributed by atoms with Gasteiger partial charge in [0.2, 0.25) is 0 Å². The molecule has 1 N–H and O–H groups in total. The number of ether oxygens (including phenoxy) is 1. The number of esters is 1. The Morgan fingerprint density at radius 2 is 1.73 bits per heavy atom. The molecule has 0 unspecified atom stereocenters. The minimum Gasteiger partial charge on any atom is -0.464 e. The quantitative estimate of drug-likeness (QED) is 0.886. The number of nitrogens with zero attached hydrogens (tertiary/aromatic N) is 1. The van der Waals surface area contributed by atoms with Crippen molar-refractivity contribution < 1.29 is 27.5 Å². The molecule has 0 aliphatic rings. The summed E-state index contributed by atoms with van der Waals surface area (Å²) in [6, 6.07) is 2.09. The van der Waals surface area contributed by atoms with Crippen LogP contribution in [-0.2, 0) is 11.8 Å². The molecule has 0 aliphatic carbocycles. The van der Waals surface area contributed by atoms with Gasteiger partial charge in [-0.1, -0.05) is 0 Å². The minimum atomic E-state index is -1.32. The number of aromatic nitrogens is 1. The number of methoxy groups -OCH3 is 1. The first-order valence-corrected chi connectivity index (χ1v) is 6.04.